The number of esters is 1. The van der Waals surface area contributed by atoms with Crippen molar-refractivity contribution in [2.24, 2.45) is 16.7 Å². The Morgan fingerprint density at radius 2 is 1.20 bits per heavy atom. The highest BCUT2D eigenvalue weighted by molar-refractivity contribution is 5.69. The molecular formula is C58H88O3. The topological polar surface area (TPSA) is 46.5 Å². The molecule has 3 unspecified atom stereocenters. The van der Waals surface area contributed by atoms with Crippen molar-refractivity contribution in [1.82, 2.24) is 0 Å². The molecule has 0 saturated carbocycles. The van der Waals surface area contributed by atoms with Gasteiger partial charge in [0.25, 0.3) is 0 Å². The third-order valence-corrected chi connectivity index (χ3v) is 12.2. The largest absolute Gasteiger partial charge is 0.458 e. The summed E-state index contributed by atoms with van der Waals surface area (Å²) in [7, 11) is 0. The predicted octanol–water partition coefficient (Wildman–Crippen LogP) is 17.0. The summed E-state index contributed by atoms with van der Waals surface area (Å²) in [5.74, 6) is 0.243. The zero-order valence-electron chi connectivity index (χ0n) is 40.8. The average molecular weight is 833 g/mol. The van der Waals surface area contributed by atoms with Crippen molar-refractivity contribution in [3.8, 4) is 0 Å². The fourth-order valence-corrected chi connectivity index (χ4v) is 8.76. The molecule has 1 N–H and O–H groups in total. The van der Waals surface area contributed by atoms with Crippen LogP contribution in [0.1, 0.15) is 185 Å². The molecule has 3 heteroatoms. The summed E-state index contributed by atoms with van der Waals surface area (Å²) in [5, 5.41) is 10.2. The average Bonchev–Trinajstić information content (AvgIpc) is 3.16. The summed E-state index contributed by atoms with van der Waals surface area (Å²) in [4.78, 5) is 12.7. The lowest BCUT2D eigenvalue weighted by Gasteiger charge is -2.40. The van der Waals surface area contributed by atoms with E-state index in [0.29, 0.717) is 12.3 Å². The Balaban J connectivity index is 1.74. The summed E-state index contributed by atoms with van der Waals surface area (Å²) in [6.07, 6.45) is 55.9. The number of carbonyl (C=O) groups is 1. The van der Waals surface area contributed by atoms with Crippen molar-refractivity contribution in [3.05, 3.63) is 142 Å². The zero-order chi connectivity index (χ0) is 45.1. The Bertz CT molecular complexity index is 1700. The van der Waals surface area contributed by atoms with E-state index in [1.54, 1.807) is 0 Å². The second kappa shape index (κ2) is 29.6. The molecule has 3 nitrogen and oxygen atoms in total. The SMILES string of the molecule is CCCCCCCCC=CCCCCCCCC(=O)OC1C=C(C)C(C=CC(C)=CC=CC(C)=CC=CC=C(C)C=CC=C(C)C=CC2=C(C)CC(O)CC2(C)C)C(C)(C)C1. The third-order valence-electron chi connectivity index (χ3n) is 12.2. The van der Waals surface area contributed by atoms with Crippen LogP contribution in [0.4, 0.5) is 0 Å². The first-order valence-corrected chi connectivity index (χ1v) is 24.0. The third kappa shape index (κ3) is 23.4. The van der Waals surface area contributed by atoms with Gasteiger partial charge in [0, 0.05) is 12.3 Å². The second-order valence-electron chi connectivity index (χ2n) is 19.5. The van der Waals surface area contributed by atoms with E-state index in [1.165, 1.54) is 110 Å². The first-order valence-electron chi connectivity index (χ1n) is 24.0. The molecule has 0 aromatic heterocycles. The van der Waals surface area contributed by atoms with Gasteiger partial charge < -0.3 is 9.84 Å². The first-order chi connectivity index (χ1) is 29.0. The molecule has 0 spiro atoms. The maximum atomic E-state index is 12.7. The van der Waals surface area contributed by atoms with Crippen LogP contribution >= 0.6 is 0 Å². The fraction of sp³-hybridized carbons (Fsp3) is 0.569. The fourth-order valence-electron chi connectivity index (χ4n) is 8.76. The smallest absolute Gasteiger partial charge is 0.306 e. The molecular weight excluding hydrogens is 745 g/mol. The molecule has 0 fully saturated rings. The molecule has 0 bridgehead atoms. The Hall–Kier alpha value is -3.69. The lowest BCUT2D eigenvalue weighted by atomic mass is 9.67. The van der Waals surface area contributed by atoms with Gasteiger partial charge in [-0.3, -0.25) is 4.79 Å². The number of aliphatic hydroxyl groups is 1. The zero-order valence-corrected chi connectivity index (χ0v) is 40.8. The van der Waals surface area contributed by atoms with E-state index in [0.717, 1.165) is 32.1 Å². The van der Waals surface area contributed by atoms with Crippen molar-refractivity contribution < 1.29 is 14.6 Å². The molecule has 0 amide bonds. The number of hydrogen-bond acceptors (Lipinski definition) is 3. The van der Waals surface area contributed by atoms with Crippen molar-refractivity contribution in [2.75, 3.05) is 0 Å². The normalized spacial score (nSPS) is 22.0. The Labute approximate surface area is 375 Å². The Morgan fingerprint density at radius 1 is 0.689 bits per heavy atom. The Kier molecular flexibility index (Phi) is 25.9. The van der Waals surface area contributed by atoms with Gasteiger partial charge in [0.1, 0.15) is 6.10 Å². The molecule has 0 aromatic carbocycles. The van der Waals surface area contributed by atoms with Crippen LogP contribution in [0.15, 0.2) is 142 Å². The van der Waals surface area contributed by atoms with Gasteiger partial charge in [-0.15, -0.1) is 0 Å². The van der Waals surface area contributed by atoms with Crippen LogP contribution in [0.3, 0.4) is 0 Å². The quantitative estimate of drug-likeness (QED) is 0.0409. The molecule has 2 aliphatic rings. The molecule has 0 heterocycles. The van der Waals surface area contributed by atoms with Gasteiger partial charge in [-0.2, -0.15) is 0 Å². The first kappa shape index (κ1) is 53.4. The number of aliphatic hydroxyl groups excluding tert-OH is 1. The number of rotatable bonds is 26. The molecule has 338 valence electrons. The van der Waals surface area contributed by atoms with Crippen molar-refractivity contribution in [2.45, 2.75) is 198 Å². The van der Waals surface area contributed by atoms with E-state index in [2.05, 4.69) is 179 Å². The van der Waals surface area contributed by atoms with Gasteiger partial charge in [-0.1, -0.05) is 217 Å². The lowest BCUT2D eigenvalue weighted by molar-refractivity contribution is -0.148. The molecule has 61 heavy (non-hydrogen) atoms. The van der Waals surface area contributed by atoms with Gasteiger partial charge >= 0.3 is 5.97 Å². The van der Waals surface area contributed by atoms with Gasteiger partial charge in [0.05, 0.1) is 6.10 Å². The molecule has 2 aliphatic carbocycles. The minimum atomic E-state index is -0.234. The number of allylic oxidation sites excluding steroid dienone is 22. The number of hydrogen-bond donors (Lipinski definition) is 1. The van der Waals surface area contributed by atoms with E-state index >= 15 is 0 Å². The highest BCUT2D eigenvalue weighted by Crippen LogP contribution is 2.43. The summed E-state index contributed by atoms with van der Waals surface area (Å²) in [6.45, 7) is 24.1. The molecule has 3 atom stereocenters. The Morgan fingerprint density at radius 3 is 1.75 bits per heavy atom. The van der Waals surface area contributed by atoms with Crippen LogP contribution in [0.5, 0.6) is 0 Å². The predicted molar refractivity (Wildman–Crippen MR) is 267 cm³/mol. The minimum Gasteiger partial charge on any atom is -0.458 e. The van der Waals surface area contributed by atoms with E-state index in [4.69, 9.17) is 4.74 Å². The van der Waals surface area contributed by atoms with Gasteiger partial charge in [-0.25, -0.2) is 0 Å². The lowest BCUT2D eigenvalue weighted by Crippen LogP contribution is -2.34. The second-order valence-corrected chi connectivity index (χ2v) is 19.5. The minimum absolute atomic E-state index is 0.00335. The van der Waals surface area contributed by atoms with Gasteiger partial charge in [0.2, 0.25) is 0 Å². The number of ether oxygens (including phenoxy) is 1. The van der Waals surface area contributed by atoms with E-state index in [1.807, 2.05) is 0 Å². The molecule has 0 aromatic rings. The molecule has 0 aliphatic heterocycles. The van der Waals surface area contributed by atoms with Crippen molar-refractivity contribution in [1.29, 1.82) is 0 Å². The summed E-state index contributed by atoms with van der Waals surface area (Å²) in [6, 6.07) is 0. The summed E-state index contributed by atoms with van der Waals surface area (Å²) in [5.41, 5.74) is 8.66. The molecule has 0 saturated heterocycles. The van der Waals surface area contributed by atoms with E-state index in [-0.39, 0.29) is 29.0 Å². The van der Waals surface area contributed by atoms with E-state index < -0.39 is 0 Å². The van der Waals surface area contributed by atoms with Crippen LogP contribution in [0.2, 0.25) is 0 Å². The maximum Gasteiger partial charge on any atom is 0.306 e. The van der Waals surface area contributed by atoms with Crippen LogP contribution < -0.4 is 0 Å². The van der Waals surface area contributed by atoms with Crippen LogP contribution in [-0.2, 0) is 9.53 Å². The van der Waals surface area contributed by atoms with Gasteiger partial charge in [-0.05, 0) is 115 Å². The summed E-state index contributed by atoms with van der Waals surface area (Å²) >= 11 is 0. The standard InChI is InChI=1S/C58H88O3/c1-12-13-14-15-16-17-18-19-20-21-22-23-24-25-26-37-56(60)61-53-43-51(7)55(58(10,11)45-53)41-39-49(5)36-30-34-47(3)32-28-27-31-46(2)33-29-35-48(4)38-40-54-50(6)42-52(59)44-57(54,8)9/h19-20,27-36,38-41,43,52-53,55,59H,12-18,21-26,37,42,44-45H2,1-11H3. The monoisotopic (exact) mass is 833 g/mol. The van der Waals surface area contributed by atoms with Crippen molar-refractivity contribution in [3.63, 3.8) is 0 Å². The maximum absolute atomic E-state index is 12.7. The van der Waals surface area contributed by atoms with Crippen LogP contribution in [0, 0.1) is 16.7 Å². The molecule has 2 rings (SSSR count). The van der Waals surface area contributed by atoms with Crippen molar-refractivity contribution >= 4 is 5.97 Å². The highest BCUT2D eigenvalue weighted by Gasteiger charge is 2.36. The van der Waals surface area contributed by atoms with Crippen LogP contribution in [-0.4, -0.2) is 23.3 Å². The highest BCUT2D eigenvalue weighted by atomic mass is 16.5. The van der Waals surface area contributed by atoms with E-state index in [9.17, 15) is 9.90 Å². The summed E-state index contributed by atoms with van der Waals surface area (Å²) < 4.78 is 5.97. The number of unbranched alkanes of at least 4 members (excludes halogenated alkanes) is 11. The van der Waals surface area contributed by atoms with Crippen LogP contribution in [0.25, 0.3) is 0 Å². The number of carbonyl (C=O) groups excluding carboxylic acids is 1. The van der Waals surface area contributed by atoms with Gasteiger partial charge in [0.15, 0.2) is 0 Å². The molecule has 0 radical (unpaired) electrons.